The minimum Gasteiger partial charge on any atom is -0.348 e. The summed E-state index contributed by atoms with van der Waals surface area (Å²) in [5, 5.41) is 5.90. The van der Waals surface area contributed by atoms with E-state index in [-0.39, 0.29) is 17.9 Å². The van der Waals surface area contributed by atoms with E-state index in [1.807, 2.05) is 62.6 Å². The lowest BCUT2D eigenvalue weighted by atomic mass is 10.1. The third-order valence-electron chi connectivity index (χ3n) is 4.24. The predicted molar refractivity (Wildman–Crippen MR) is 116 cm³/mol. The summed E-state index contributed by atoms with van der Waals surface area (Å²) in [7, 11) is 0. The third-order valence-corrected chi connectivity index (χ3v) is 5.41. The van der Waals surface area contributed by atoms with Gasteiger partial charge in [0.1, 0.15) is 6.04 Å². The number of aryl methyl sites for hydroxylation is 1. The maximum Gasteiger partial charge on any atom is 0.251 e. The van der Waals surface area contributed by atoms with Crippen LogP contribution in [0.15, 0.2) is 53.0 Å². The van der Waals surface area contributed by atoms with Crippen molar-refractivity contribution in [2.45, 2.75) is 32.4 Å². The Morgan fingerprint density at radius 2 is 1.81 bits per heavy atom. The Morgan fingerprint density at radius 3 is 2.44 bits per heavy atom. The molecule has 0 heterocycles. The highest BCUT2D eigenvalue weighted by Crippen LogP contribution is 2.17. The van der Waals surface area contributed by atoms with E-state index in [1.165, 1.54) is 0 Å². The second kappa shape index (κ2) is 10.5. The van der Waals surface area contributed by atoms with Crippen molar-refractivity contribution in [1.82, 2.24) is 10.6 Å². The van der Waals surface area contributed by atoms with Crippen LogP contribution in [0, 0.1) is 6.92 Å². The van der Waals surface area contributed by atoms with Crippen molar-refractivity contribution in [2.24, 2.45) is 0 Å². The number of nitrogens with one attached hydrogen (secondary N) is 2. The molecule has 0 radical (unpaired) electrons. The average molecular weight is 449 g/mol. The van der Waals surface area contributed by atoms with Gasteiger partial charge in [-0.15, -0.1) is 0 Å². The second-order valence-corrected chi connectivity index (χ2v) is 8.36. The Bertz CT molecular complexity index is 780. The Labute approximate surface area is 173 Å². The number of hydrogen-bond acceptors (Lipinski definition) is 3. The van der Waals surface area contributed by atoms with Crippen LogP contribution < -0.4 is 10.6 Å². The maximum atomic E-state index is 12.8. The molecule has 0 bridgehead atoms. The highest BCUT2D eigenvalue weighted by atomic mass is 79.9. The van der Waals surface area contributed by atoms with Crippen LogP contribution in [0.5, 0.6) is 0 Å². The highest BCUT2D eigenvalue weighted by molar-refractivity contribution is 9.10. The smallest absolute Gasteiger partial charge is 0.251 e. The lowest BCUT2D eigenvalue weighted by molar-refractivity contribution is -0.123. The zero-order valence-corrected chi connectivity index (χ0v) is 18.2. The number of benzene rings is 2. The Morgan fingerprint density at radius 1 is 1.11 bits per heavy atom. The summed E-state index contributed by atoms with van der Waals surface area (Å²) >= 11 is 5.07. The Kier molecular flexibility index (Phi) is 8.38. The first-order chi connectivity index (χ1) is 12.9. The topological polar surface area (TPSA) is 58.2 Å². The average Bonchev–Trinajstić information content (AvgIpc) is 2.65. The molecule has 2 amide bonds. The van der Waals surface area contributed by atoms with E-state index in [0.29, 0.717) is 12.0 Å². The summed E-state index contributed by atoms with van der Waals surface area (Å²) in [5.74, 6) is 0.399. The summed E-state index contributed by atoms with van der Waals surface area (Å²) < 4.78 is 0.994. The van der Waals surface area contributed by atoms with E-state index in [9.17, 15) is 9.59 Å². The first kappa shape index (κ1) is 21.5. The zero-order chi connectivity index (χ0) is 19.8. The number of hydrogen-bond donors (Lipinski definition) is 2. The van der Waals surface area contributed by atoms with Crippen molar-refractivity contribution < 1.29 is 9.59 Å². The van der Waals surface area contributed by atoms with Gasteiger partial charge >= 0.3 is 0 Å². The van der Waals surface area contributed by atoms with Crippen molar-refractivity contribution in [3.8, 4) is 0 Å². The van der Waals surface area contributed by atoms with Gasteiger partial charge in [-0.25, -0.2) is 0 Å². The van der Waals surface area contributed by atoms with E-state index < -0.39 is 6.04 Å². The molecule has 0 aliphatic carbocycles. The minimum absolute atomic E-state index is 0.141. The van der Waals surface area contributed by atoms with Crippen molar-refractivity contribution in [3.05, 3.63) is 69.7 Å². The normalized spacial score (nSPS) is 12.9. The van der Waals surface area contributed by atoms with Gasteiger partial charge < -0.3 is 10.6 Å². The van der Waals surface area contributed by atoms with E-state index in [1.54, 1.807) is 17.8 Å². The monoisotopic (exact) mass is 448 g/mol. The third kappa shape index (κ3) is 6.70. The van der Waals surface area contributed by atoms with Crippen LogP contribution in [-0.4, -0.2) is 29.9 Å². The largest absolute Gasteiger partial charge is 0.348 e. The van der Waals surface area contributed by atoms with Crippen LogP contribution in [0.4, 0.5) is 0 Å². The lowest BCUT2D eigenvalue weighted by Gasteiger charge is -2.21. The molecule has 0 aliphatic rings. The van der Waals surface area contributed by atoms with Crippen LogP contribution in [0.25, 0.3) is 0 Å². The summed E-state index contributed by atoms with van der Waals surface area (Å²) in [4.78, 5) is 25.4. The molecular weight excluding hydrogens is 424 g/mol. The van der Waals surface area contributed by atoms with Crippen molar-refractivity contribution >= 4 is 39.5 Å². The molecule has 4 nitrogen and oxygen atoms in total. The molecule has 2 atom stereocenters. The minimum atomic E-state index is -0.566. The lowest BCUT2D eigenvalue weighted by Crippen LogP contribution is -2.47. The van der Waals surface area contributed by atoms with Gasteiger partial charge in [-0.2, -0.15) is 11.8 Å². The number of carbonyl (C=O) groups is 2. The van der Waals surface area contributed by atoms with Gasteiger partial charge in [0.25, 0.3) is 5.91 Å². The van der Waals surface area contributed by atoms with Gasteiger partial charge in [-0.3, -0.25) is 9.59 Å². The Balaban J connectivity index is 2.06. The first-order valence-electron chi connectivity index (χ1n) is 8.83. The predicted octanol–water partition coefficient (Wildman–Crippen LogP) is 4.49. The molecule has 2 aromatic rings. The molecule has 6 heteroatoms. The summed E-state index contributed by atoms with van der Waals surface area (Å²) in [6.07, 6.45) is 2.57. The molecule has 0 saturated carbocycles. The van der Waals surface area contributed by atoms with Crippen LogP contribution in [0.3, 0.4) is 0 Å². The molecule has 2 aromatic carbocycles. The number of carbonyl (C=O) groups excluding carboxylic acids is 2. The second-order valence-electron chi connectivity index (χ2n) is 6.46. The van der Waals surface area contributed by atoms with Crippen LogP contribution >= 0.6 is 27.7 Å². The van der Waals surface area contributed by atoms with Crippen LogP contribution in [0.2, 0.25) is 0 Å². The standard InChI is InChI=1S/C21H25BrN2O2S/c1-14-5-4-6-17(13-14)20(25)24-19(11-12-27-3)21(26)23-15(2)16-7-9-18(22)10-8-16/h4-10,13,15,19H,11-12H2,1-3H3,(H,23,26)(H,24,25). The van der Waals surface area contributed by atoms with Crippen LogP contribution in [-0.2, 0) is 4.79 Å². The summed E-state index contributed by atoms with van der Waals surface area (Å²) in [6.45, 7) is 3.88. The zero-order valence-electron chi connectivity index (χ0n) is 15.8. The molecule has 0 aliphatic heterocycles. The molecule has 0 aromatic heterocycles. The summed E-state index contributed by atoms with van der Waals surface area (Å²) in [5.41, 5.74) is 2.59. The molecule has 0 fully saturated rings. The van der Waals surface area contributed by atoms with Gasteiger partial charge in [0.2, 0.25) is 5.91 Å². The quantitative estimate of drug-likeness (QED) is 0.625. The highest BCUT2D eigenvalue weighted by Gasteiger charge is 2.22. The molecule has 2 N–H and O–H groups in total. The molecular formula is C21H25BrN2O2S. The fourth-order valence-electron chi connectivity index (χ4n) is 2.68. The van der Waals surface area contributed by atoms with Crippen molar-refractivity contribution in [3.63, 3.8) is 0 Å². The number of amides is 2. The number of rotatable bonds is 8. The van der Waals surface area contributed by atoms with Gasteiger partial charge in [-0.1, -0.05) is 45.8 Å². The fraction of sp³-hybridized carbons (Fsp3) is 0.333. The number of halogens is 1. The van der Waals surface area contributed by atoms with E-state index in [0.717, 1.165) is 21.4 Å². The molecule has 0 saturated heterocycles. The van der Waals surface area contributed by atoms with Gasteiger partial charge in [0.15, 0.2) is 0 Å². The Hall–Kier alpha value is -1.79. The maximum absolute atomic E-state index is 12.8. The van der Waals surface area contributed by atoms with Crippen molar-refractivity contribution in [1.29, 1.82) is 0 Å². The summed E-state index contributed by atoms with van der Waals surface area (Å²) in [6, 6.07) is 14.5. The van der Waals surface area contributed by atoms with Gasteiger partial charge in [-0.05, 0) is 62.1 Å². The molecule has 144 valence electrons. The SMILES string of the molecule is CSCCC(NC(=O)c1cccc(C)c1)C(=O)NC(C)c1ccc(Br)cc1. The van der Waals surface area contributed by atoms with Crippen LogP contribution in [0.1, 0.15) is 40.9 Å². The van der Waals surface area contributed by atoms with E-state index >= 15 is 0 Å². The molecule has 2 rings (SSSR count). The number of thioether (sulfide) groups is 1. The molecule has 0 spiro atoms. The van der Waals surface area contributed by atoms with E-state index in [2.05, 4.69) is 26.6 Å². The van der Waals surface area contributed by atoms with E-state index in [4.69, 9.17) is 0 Å². The first-order valence-corrected chi connectivity index (χ1v) is 11.0. The fourth-order valence-corrected chi connectivity index (χ4v) is 3.42. The van der Waals surface area contributed by atoms with Crippen molar-refractivity contribution in [2.75, 3.05) is 12.0 Å². The van der Waals surface area contributed by atoms with Gasteiger partial charge in [0, 0.05) is 10.0 Å². The molecule has 27 heavy (non-hydrogen) atoms. The van der Waals surface area contributed by atoms with Gasteiger partial charge in [0.05, 0.1) is 6.04 Å². The molecule has 2 unspecified atom stereocenters.